The minimum absolute atomic E-state index is 0. The summed E-state index contributed by atoms with van der Waals surface area (Å²) in [6.45, 7) is 13.1. The first-order chi connectivity index (χ1) is 17.8. The van der Waals surface area contributed by atoms with Gasteiger partial charge in [-0.1, -0.05) is 104 Å². The maximum Gasteiger partial charge on any atom is 0.257 e. The lowest BCUT2D eigenvalue weighted by Crippen LogP contribution is -3.00. The zero-order chi connectivity index (χ0) is 26.9. The molecule has 38 heavy (non-hydrogen) atoms. The quantitative estimate of drug-likeness (QED) is 0.137. The van der Waals surface area contributed by atoms with Gasteiger partial charge in [0.1, 0.15) is 17.9 Å². The number of unbranched alkanes of at least 4 members (excludes halogenated alkanes) is 11. The van der Waals surface area contributed by atoms with Crippen molar-refractivity contribution in [1.29, 1.82) is 0 Å². The molecule has 5 heteroatoms. The highest BCUT2D eigenvalue weighted by molar-refractivity contribution is 5.93. The van der Waals surface area contributed by atoms with E-state index in [2.05, 4.69) is 58.1 Å². The van der Waals surface area contributed by atoms with Gasteiger partial charge in [-0.25, -0.2) is 4.57 Å². The van der Waals surface area contributed by atoms with Crippen molar-refractivity contribution >= 4 is 5.91 Å². The highest BCUT2D eigenvalue weighted by Crippen LogP contribution is 2.32. The molecule has 0 atom stereocenters. The molecule has 0 radical (unpaired) electrons. The van der Waals surface area contributed by atoms with Crippen LogP contribution in [-0.2, 0) is 18.5 Å². The van der Waals surface area contributed by atoms with Crippen LogP contribution in [0.3, 0.4) is 0 Å². The Labute approximate surface area is 250 Å². The van der Waals surface area contributed by atoms with E-state index in [1.54, 1.807) is 0 Å². The number of carbonyl (C=O) groups excluding carboxylic acids is 1. The smallest absolute Gasteiger partial charge is 0.257 e. The number of amides is 1. The van der Waals surface area contributed by atoms with Gasteiger partial charge in [-0.2, -0.15) is 0 Å². The van der Waals surface area contributed by atoms with Gasteiger partial charge >= 0.3 is 0 Å². The molecule has 0 aliphatic carbocycles. The number of carbonyl (C=O) groups is 1. The van der Waals surface area contributed by atoms with Gasteiger partial charge in [-0.3, -0.25) is 4.79 Å². The van der Waals surface area contributed by atoms with Gasteiger partial charge < -0.3 is 34.0 Å². The number of halogens is 1. The van der Waals surface area contributed by atoms with Crippen LogP contribution in [-0.4, -0.2) is 12.5 Å². The number of hydrogen-bond acceptors (Lipinski definition) is 2. The van der Waals surface area contributed by atoms with E-state index in [-0.39, 0.29) is 35.3 Å². The number of rotatable bonds is 18. The molecule has 0 saturated carbocycles. The van der Waals surface area contributed by atoms with E-state index in [0.29, 0.717) is 12.1 Å². The van der Waals surface area contributed by atoms with Crippen LogP contribution in [0.4, 0.5) is 0 Å². The highest BCUT2D eigenvalue weighted by atomic mass is 127. The molecule has 214 valence electrons. The minimum atomic E-state index is -0.0487. The first-order valence-electron chi connectivity index (χ1n) is 14.9. The van der Waals surface area contributed by atoms with Crippen molar-refractivity contribution in [3.63, 3.8) is 0 Å². The molecule has 4 nitrogen and oxygen atoms in total. The third-order valence-electron chi connectivity index (χ3n) is 7.05. The largest absolute Gasteiger partial charge is 1.00 e. The Hall–Kier alpha value is -1.63. The molecule has 0 unspecified atom stereocenters. The first-order valence-corrected chi connectivity index (χ1v) is 14.9. The topological polar surface area (TPSA) is 42.2 Å². The van der Waals surface area contributed by atoms with Crippen LogP contribution in [0.15, 0.2) is 42.7 Å². The van der Waals surface area contributed by atoms with Crippen LogP contribution in [0, 0.1) is 0 Å². The fourth-order valence-corrected chi connectivity index (χ4v) is 4.66. The standard InChI is InChI=1S/C33H52N2O2.HI/c1-6-8-9-10-11-12-13-14-15-16-17-18-24-37-31-22-21-28(25-30(31)33(3,4)5)26-34-32(36)29-20-19-23-35(7-2)27-29;/h19-23,25,27H,6-18,24,26H2,1-5H3;1H. The number of pyridine rings is 1. The summed E-state index contributed by atoms with van der Waals surface area (Å²) in [7, 11) is 0. The molecule has 1 N–H and O–H groups in total. The van der Waals surface area contributed by atoms with Crippen LogP contribution in [0.5, 0.6) is 5.75 Å². The number of benzene rings is 1. The summed E-state index contributed by atoms with van der Waals surface area (Å²) in [5.74, 6) is 0.921. The number of nitrogens with one attached hydrogen (secondary N) is 1. The predicted octanol–water partition coefficient (Wildman–Crippen LogP) is 5.31. The Morgan fingerprint density at radius 1 is 0.868 bits per heavy atom. The lowest BCUT2D eigenvalue weighted by molar-refractivity contribution is -0.693. The van der Waals surface area contributed by atoms with Crippen molar-refractivity contribution in [3.05, 3.63) is 59.4 Å². The molecule has 0 aliphatic heterocycles. The summed E-state index contributed by atoms with van der Waals surface area (Å²) in [4.78, 5) is 12.6. The van der Waals surface area contributed by atoms with E-state index >= 15 is 0 Å². The van der Waals surface area contributed by atoms with Gasteiger partial charge in [0.15, 0.2) is 12.4 Å². The van der Waals surface area contributed by atoms with Crippen molar-refractivity contribution in [2.45, 2.75) is 130 Å². The Bertz CT molecular complexity index is 923. The molecular weight excluding hydrogens is 583 g/mol. The number of nitrogens with zero attached hydrogens (tertiary/aromatic N) is 1. The normalized spacial score (nSPS) is 11.2. The van der Waals surface area contributed by atoms with Crippen molar-refractivity contribution in [2.75, 3.05) is 6.61 Å². The Morgan fingerprint density at radius 3 is 2.05 bits per heavy atom. The van der Waals surface area contributed by atoms with Gasteiger partial charge in [0, 0.05) is 12.6 Å². The molecule has 1 amide bonds. The summed E-state index contributed by atoms with van der Waals surface area (Å²) in [5, 5.41) is 3.07. The fourth-order valence-electron chi connectivity index (χ4n) is 4.66. The summed E-state index contributed by atoms with van der Waals surface area (Å²) < 4.78 is 8.25. The van der Waals surface area contributed by atoms with Crippen molar-refractivity contribution in [2.24, 2.45) is 0 Å². The van der Waals surface area contributed by atoms with Gasteiger partial charge in [0.05, 0.1) is 6.61 Å². The average molecular weight is 637 g/mol. The molecule has 0 bridgehead atoms. The maximum absolute atomic E-state index is 12.6. The zero-order valence-electron chi connectivity index (χ0n) is 24.8. The molecule has 2 rings (SSSR count). The molecule has 1 heterocycles. The zero-order valence-corrected chi connectivity index (χ0v) is 26.9. The van der Waals surface area contributed by atoms with E-state index in [0.717, 1.165) is 30.9 Å². The van der Waals surface area contributed by atoms with Crippen LogP contribution in [0.1, 0.15) is 133 Å². The number of aromatic nitrogens is 1. The summed E-state index contributed by atoms with van der Waals surface area (Å²) >= 11 is 0. The Balaban J connectivity index is 0.00000722. The van der Waals surface area contributed by atoms with E-state index in [1.165, 1.54) is 76.2 Å². The second-order valence-electron chi connectivity index (χ2n) is 11.4. The Morgan fingerprint density at radius 2 is 1.47 bits per heavy atom. The van der Waals surface area contributed by atoms with Crippen molar-refractivity contribution < 1.29 is 38.1 Å². The van der Waals surface area contributed by atoms with Gasteiger partial charge in [-0.05, 0) is 48.1 Å². The molecule has 0 fully saturated rings. The highest BCUT2D eigenvalue weighted by Gasteiger charge is 2.20. The van der Waals surface area contributed by atoms with E-state index < -0.39 is 0 Å². The molecule has 0 aliphatic rings. The predicted molar refractivity (Wildman–Crippen MR) is 155 cm³/mol. The summed E-state index contributed by atoms with van der Waals surface area (Å²) in [6, 6.07) is 10.1. The van der Waals surface area contributed by atoms with Crippen molar-refractivity contribution in [1.82, 2.24) is 5.32 Å². The van der Waals surface area contributed by atoms with E-state index in [4.69, 9.17) is 4.74 Å². The van der Waals surface area contributed by atoms with Gasteiger partial charge in [0.2, 0.25) is 0 Å². The number of hydrogen-bond donors (Lipinski definition) is 1. The molecule has 1 aromatic heterocycles. The molecule has 1 aromatic carbocycles. The Kier molecular flexibility index (Phi) is 17.6. The SMILES string of the molecule is CCCCCCCCCCCCCCOc1ccc(CNC(=O)c2ccc[n+](CC)c2)cc1C(C)(C)C.[I-]. The summed E-state index contributed by atoms with van der Waals surface area (Å²) in [6.07, 6.45) is 20.0. The minimum Gasteiger partial charge on any atom is -1.00 e. The van der Waals surface area contributed by atoms with E-state index in [9.17, 15) is 4.79 Å². The third kappa shape index (κ3) is 13.4. The van der Waals surface area contributed by atoms with Crippen LogP contribution >= 0.6 is 0 Å². The second kappa shape index (κ2) is 19.4. The average Bonchev–Trinajstić information content (AvgIpc) is 2.89. The van der Waals surface area contributed by atoms with Crippen LogP contribution < -0.4 is 38.6 Å². The number of aryl methyl sites for hydroxylation is 1. The third-order valence-corrected chi connectivity index (χ3v) is 7.05. The number of ether oxygens (including phenoxy) is 1. The molecule has 0 saturated heterocycles. The van der Waals surface area contributed by atoms with Crippen LogP contribution in [0.2, 0.25) is 0 Å². The maximum atomic E-state index is 12.6. The molecule has 0 spiro atoms. The first kappa shape index (κ1) is 34.4. The van der Waals surface area contributed by atoms with Gasteiger partial charge in [-0.15, -0.1) is 0 Å². The monoisotopic (exact) mass is 636 g/mol. The molecular formula is C33H53IN2O2. The van der Waals surface area contributed by atoms with E-state index in [1.807, 2.05) is 29.1 Å². The fraction of sp³-hybridized carbons (Fsp3) is 0.636. The molecule has 2 aromatic rings. The summed E-state index contributed by atoms with van der Waals surface area (Å²) in [5.41, 5.74) is 2.94. The van der Waals surface area contributed by atoms with Gasteiger partial charge in [0.25, 0.3) is 5.91 Å². The van der Waals surface area contributed by atoms with Crippen LogP contribution in [0.25, 0.3) is 0 Å². The van der Waals surface area contributed by atoms with Crippen molar-refractivity contribution in [3.8, 4) is 5.75 Å². The lowest BCUT2D eigenvalue weighted by atomic mass is 9.85. The lowest BCUT2D eigenvalue weighted by Gasteiger charge is -2.24. The second-order valence-corrected chi connectivity index (χ2v) is 11.4.